The Kier molecular flexibility index (Phi) is 6.95. The van der Waals surface area contributed by atoms with Gasteiger partial charge in [0.15, 0.2) is 10.9 Å². The van der Waals surface area contributed by atoms with Crippen LogP contribution in [0.4, 0.5) is 5.69 Å². The number of thiocarbonyl (C=S) groups is 1. The molecule has 2 heterocycles. The Hall–Kier alpha value is -3.37. The summed E-state index contributed by atoms with van der Waals surface area (Å²) in [6.07, 6.45) is 1.68. The molecule has 0 saturated carbocycles. The zero-order valence-electron chi connectivity index (χ0n) is 18.6. The van der Waals surface area contributed by atoms with E-state index in [2.05, 4.69) is 25.9 Å². The van der Waals surface area contributed by atoms with Gasteiger partial charge in [-0.15, -0.1) is 10.2 Å². The minimum absolute atomic E-state index is 0.220. The maximum absolute atomic E-state index is 12.6. The Morgan fingerprint density at radius 3 is 2.67 bits per heavy atom. The summed E-state index contributed by atoms with van der Waals surface area (Å²) < 4.78 is 7.33. The average Bonchev–Trinajstić information content (AvgIpc) is 3.40. The van der Waals surface area contributed by atoms with Crippen molar-refractivity contribution >= 4 is 45.2 Å². The van der Waals surface area contributed by atoms with E-state index in [9.17, 15) is 4.79 Å². The summed E-state index contributed by atoms with van der Waals surface area (Å²) in [6.45, 7) is 6.68. The summed E-state index contributed by atoms with van der Waals surface area (Å²) >= 11 is 6.85. The highest BCUT2D eigenvalue weighted by Gasteiger charge is 2.14. The van der Waals surface area contributed by atoms with E-state index in [-0.39, 0.29) is 11.0 Å². The number of carbonyl (C=O) groups is 1. The van der Waals surface area contributed by atoms with Crippen molar-refractivity contribution in [2.24, 2.45) is 0 Å². The van der Waals surface area contributed by atoms with E-state index < -0.39 is 0 Å². The van der Waals surface area contributed by atoms with Crippen molar-refractivity contribution in [3.63, 3.8) is 0 Å². The molecule has 0 atom stereocenters. The zero-order valence-corrected chi connectivity index (χ0v) is 20.2. The Labute approximate surface area is 201 Å². The van der Waals surface area contributed by atoms with E-state index in [1.165, 1.54) is 11.3 Å². The van der Waals surface area contributed by atoms with Crippen molar-refractivity contribution in [1.82, 2.24) is 25.1 Å². The quantitative estimate of drug-likeness (QED) is 0.372. The number of benzene rings is 2. The molecule has 0 spiro atoms. The van der Waals surface area contributed by atoms with Gasteiger partial charge in [0.25, 0.3) is 5.91 Å². The van der Waals surface area contributed by atoms with Gasteiger partial charge in [0.05, 0.1) is 6.61 Å². The second-order valence-electron chi connectivity index (χ2n) is 7.38. The van der Waals surface area contributed by atoms with Gasteiger partial charge in [-0.25, -0.2) is 0 Å². The third kappa shape index (κ3) is 5.18. The highest BCUT2D eigenvalue weighted by atomic mass is 32.1. The van der Waals surface area contributed by atoms with Crippen LogP contribution in [0.25, 0.3) is 15.5 Å². The van der Waals surface area contributed by atoms with E-state index in [1.807, 2.05) is 39.0 Å². The van der Waals surface area contributed by atoms with E-state index in [1.54, 1.807) is 28.8 Å². The lowest BCUT2D eigenvalue weighted by atomic mass is 10.1. The molecule has 4 aromatic rings. The molecule has 0 fully saturated rings. The summed E-state index contributed by atoms with van der Waals surface area (Å²) in [4.78, 5) is 13.3. The minimum atomic E-state index is -0.288. The fraction of sp³-hybridized carbons (Fsp3) is 0.261. The first-order chi connectivity index (χ1) is 16.0. The Morgan fingerprint density at radius 2 is 1.94 bits per heavy atom. The zero-order chi connectivity index (χ0) is 23.4. The number of hydrogen-bond acceptors (Lipinski definition) is 7. The maximum atomic E-state index is 12.6. The molecule has 2 aromatic heterocycles. The molecule has 0 aliphatic carbocycles. The molecular formula is C23H24N6O2S2. The number of fused-ring (bicyclic) bond motifs is 1. The normalized spacial score (nSPS) is 10.9. The van der Waals surface area contributed by atoms with Gasteiger partial charge in [-0.1, -0.05) is 37.3 Å². The van der Waals surface area contributed by atoms with Crippen LogP contribution >= 0.6 is 23.6 Å². The van der Waals surface area contributed by atoms with E-state index in [0.29, 0.717) is 12.2 Å². The molecule has 2 aromatic carbocycles. The lowest BCUT2D eigenvalue weighted by Crippen LogP contribution is -2.34. The fourth-order valence-corrected chi connectivity index (χ4v) is 4.19. The molecule has 170 valence electrons. The topological polar surface area (TPSA) is 93.4 Å². The number of nitrogens with zero attached hydrogens (tertiary/aromatic N) is 4. The predicted molar refractivity (Wildman–Crippen MR) is 134 cm³/mol. The van der Waals surface area contributed by atoms with Crippen molar-refractivity contribution in [3.05, 3.63) is 59.4 Å². The first-order valence-electron chi connectivity index (χ1n) is 10.7. The summed E-state index contributed by atoms with van der Waals surface area (Å²) in [5.74, 6) is 1.27. The van der Waals surface area contributed by atoms with E-state index in [0.717, 1.165) is 51.2 Å². The number of anilines is 1. The number of carbonyl (C=O) groups excluding carboxylic acids is 1. The fourth-order valence-electron chi connectivity index (χ4n) is 3.14. The molecule has 0 unspecified atom stereocenters. The molecule has 33 heavy (non-hydrogen) atoms. The van der Waals surface area contributed by atoms with Crippen molar-refractivity contribution < 1.29 is 9.53 Å². The van der Waals surface area contributed by atoms with Crippen LogP contribution in [0, 0.1) is 6.92 Å². The number of aromatic nitrogens is 4. The van der Waals surface area contributed by atoms with Crippen LogP contribution in [-0.4, -0.2) is 37.4 Å². The molecule has 0 saturated heterocycles. The minimum Gasteiger partial charge on any atom is -0.494 e. The Morgan fingerprint density at radius 1 is 1.15 bits per heavy atom. The second-order valence-corrected chi connectivity index (χ2v) is 8.75. The summed E-state index contributed by atoms with van der Waals surface area (Å²) in [5, 5.41) is 19.9. The summed E-state index contributed by atoms with van der Waals surface area (Å²) in [5.41, 5.74) is 3.21. The van der Waals surface area contributed by atoms with Crippen molar-refractivity contribution in [2.45, 2.75) is 33.6 Å². The summed E-state index contributed by atoms with van der Waals surface area (Å²) in [6, 6.07) is 12.9. The lowest BCUT2D eigenvalue weighted by molar-refractivity contribution is 0.0977. The van der Waals surface area contributed by atoms with Gasteiger partial charge in [-0.05, 0) is 61.5 Å². The van der Waals surface area contributed by atoms with Gasteiger partial charge < -0.3 is 10.1 Å². The van der Waals surface area contributed by atoms with Crippen LogP contribution in [0.1, 0.15) is 42.0 Å². The molecular weight excluding hydrogens is 456 g/mol. The van der Waals surface area contributed by atoms with Crippen LogP contribution in [0.5, 0.6) is 5.75 Å². The molecule has 0 aliphatic rings. The molecule has 10 heteroatoms. The number of rotatable bonds is 7. The van der Waals surface area contributed by atoms with Crippen LogP contribution < -0.4 is 15.4 Å². The second kappa shape index (κ2) is 10.1. The van der Waals surface area contributed by atoms with Crippen LogP contribution in [0.2, 0.25) is 0 Å². The SMILES string of the molecule is CCCOc1ccc(C(=O)NC(=S)Nc2cc(-c3nn4c(CC)nnc4s3)ccc2C)cc1. The lowest BCUT2D eigenvalue weighted by Gasteiger charge is -2.13. The van der Waals surface area contributed by atoms with Gasteiger partial charge >= 0.3 is 0 Å². The first kappa shape index (κ1) is 22.8. The molecule has 4 rings (SSSR count). The molecule has 0 aliphatic heterocycles. The van der Waals surface area contributed by atoms with E-state index >= 15 is 0 Å². The maximum Gasteiger partial charge on any atom is 0.257 e. The largest absolute Gasteiger partial charge is 0.494 e. The standard InChI is InChI=1S/C23H24N6O2S2/c1-4-12-31-17-10-8-15(9-11-17)20(30)25-22(32)24-18-13-16(7-6-14(18)3)21-28-29-19(5-2)26-27-23(29)33-21/h6-11,13H,4-5,12H2,1-3H3,(H2,24,25,30,32). The average molecular weight is 481 g/mol. The third-order valence-electron chi connectivity index (χ3n) is 4.92. The van der Waals surface area contributed by atoms with Crippen molar-refractivity contribution in [3.8, 4) is 16.3 Å². The molecule has 0 bridgehead atoms. The monoisotopic (exact) mass is 480 g/mol. The molecule has 0 radical (unpaired) electrons. The van der Waals surface area contributed by atoms with E-state index in [4.69, 9.17) is 17.0 Å². The smallest absolute Gasteiger partial charge is 0.257 e. The highest BCUT2D eigenvalue weighted by Crippen LogP contribution is 2.29. The Bertz CT molecular complexity index is 1300. The Balaban J connectivity index is 1.45. The van der Waals surface area contributed by atoms with Crippen LogP contribution in [0.3, 0.4) is 0 Å². The van der Waals surface area contributed by atoms with Gasteiger partial charge in [-0.2, -0.15) is 9.61 Å². The van der Waals surface area contributed by atoms with Gasteiger partial charge in [0.1, 0.15) is 10.8 Å². The predicted octanol–water partition coefficient (Wildman–Crippen LogP) is 4.64. The number of aryl methyl sites for hydroxylation is 2. The number of hydrogen-bond donors (Lipinski definition) is 2. The van der Waals surface area contributed by atoms with Crippen molar-refractivity contribution in [2.75, 3.05) is 11.9 Å². The van der Waals surface area contributed by atoms with Crippen molar-refractivity contribution in [1.29, 1.82) is 0 Å². The highest BCUT2D eigenvalue weighted by molar-refractivity contribution is 7.80. The molecule has 1 amide bonds. The van der Waals surface area contributed by atoms with Crippen LogP contribution in [0.15, 0.2) is 42.5 Å². The first-order valence-corrected chi connectivity index (χ1v) is 11.9. The van der Waals surface area contributed by atoms with Crippen LogP contribution in [-0.2, 0) is 6.42 Å². The number of nitrogens with one attached hydrogen (secondary N) is 2. The van der Waals surface area contributed by atoms with Gasteiger partial charge in [0, 0.05) is 23.2 Å². The molecule has 2 N–H and O–H groups in total. The molecule has 8 nitrogen and oxygen atoms in total. The third-order valence-corrected chi connectivity index (χ3v) is 6.07. The number of ether oxygens (including phenoxy) is 1. The summed E-state index contributed by atoms with van der Waals surface area (Å²) in [7, 11) is 0. The van der Waals surface area contributed by atoms with Gasteiger partial charge in [-0.3, -0.25) is 10.1 Å². The van der Waals surface area contributed by atoms with Gasteiger partial charge in [0.2, 0.25) is 4.96 Å². The number of amides is 1.